The van der Waals surface area contributed by atoms with Crippen LogP contribution in [0, 0.1) is 0 Å². The molecule has 0 amide bonds. The molecule has 1 nitrogen and oxygen atoms in total. The quantitative estimate of drug-likeness (QED) is 0.555. The summed E-state index contributed by atoms with van der Waals surface area (Å²) in [6, 6.07) is 3.74. The SMILES string of the molecule is [Cr]=[CH]c1ccco1. The molecule has 7 heavy (non-hydrogen) atoms. The summed E-state index contributed by atoms with van der Waals surface area (Å²) in [4.78, 5) is 1.79. The summed E-state index contributed by atoms with van der Waals surface area (Å²) < 4.78 is 4.90. The van der Waals surface area contributed by atoms with Crippen molar-refractivity contribution in [1.29, 1.82) is 0 Å². The van der Waals surface area contributed by atoms with E-state index in [0.29, 0.717) is 0 Å². The fourth-order valence-corrected chi connectivity index (χ4v) is 0.568. The van der Waals surface area contributed by atoms with Gasteiger partial charge >= 0.3 is 49.3 Å². The van der Waals surface area contributed by atoms with E-state index in [4.69, 9.17) is 4.42 Å². The molecule has 0 aliphatic heterocycles. The van der Waals surface area contributed by atoms with E-state index in [1.54, 1.807) is 11.1 Å². The van der Waals surface area contributed by atoms with E-state index in [9.17, 15) is 0 Å². The van der Waals surface area contributed by atoms with Crippen molar-refractivity contribution >= 4 is 4.88 Å². The van der Waals surface area contributed by atoms with Crippen molar-refractivity contribution in [2.45, 2.75) is 0 Å². The van der Waals surface area contributed by atoms with E-state index in [1.165, 1.54) is 0 Å². The van der Waals surface area contributed by atoms with Crippen molar-refractivity contribution in [2.75, 3.05) is 0 Å². The topological polar surface area (TPSA) is 13.1 Å². The molecule has 0 atom stereocenters. The molecule has 0 N–H and O–H groups in total. The van der Waals surface area contributed by atoms with Gasteiger partial charge in [0.05, 0.1) is 0 Å². The van der Waals surface area contributed by atoms with Gasteiger partial charge in [-0.25, -0.2) is 0 Å². The first-order chi connectivity index (χ1) is 3.43. The van der Waals surface area contributed by atoms with Crippen LogP contribution in [0.15, 0.2) is 22.8 Å². The zero-order chi connectivity index (χ0) is 5.11. The Bertz CT molecular complexity index is 143. The number of furan rings is 1. The van der Waals surface area contributed by atoms with E-state index in [2.05, 4.69) is 15.9 Å². The monoisotopic (exact) mass is 132 g/mol. The summed E-state index contributed by atoms with van der Waals surface area (Å²) in [5.74, 6) is 0.875. The number of hydrogen-bond acceptors (Lipinski definition) is 1. The first-order valence-electron chi connectivity index (χ1n) is 1.92. The van der Waals surface area contributed by atoms with Crippen molar-refractivity contribution in [3.05, 3.63) is 24.2 Å². The van der Waals surface area contributed by atoms with Crippen LogP contribution in [0.5, 0.6) is 0 Å². The average Bonchev–Trinajstić information content (AvgIpc) is 2.14. The van der Waals surface area contributed by atoms with Crippen molar-refractivity contribution in [3.8, 4) is 0 Å². The molecule has 1 rings (SSSR count). The second-order valence-electron chi connectivity index (χ2n) is 1.13. The van der Waals surface area contributed by atoms with Crippen LogP contribution in [0.2, 0.25) is 0 Å². The molecule has 1 aromatic heterocycles. The summed E-state index contributed by atoms with van der Waals surface area (Å²) in [5.41, 5.74) is 0. The summed E-state index contributed by atoms with van der Waals surface area (Å²) in [6.45, 7) is 0. The van der Waals surface area contributed by atoms with E-state index in [-0.39, 0.29) is 0 Å². The van der Waals surface area contributed by atoms with E-state index < -0.39 is 0 Å². The van der Waals surface area contributed by atoms with Gasteiger partial charge < -0.3 is 0 Å². The molecule has 0 saturated carbocycles. The maximum absolute atomic E-state index is 4.90. The third-order valence-corrected chi connectivity index (χ3v) is 1.02. The van der Waals surface area contributed by atoms with Gasteiger partial charge in [-0.15, -0.1) is 0 Å². The molecular weight excluding hydrogens is 128 g/mol. The van der Waals surface area contributed by atoms with Gasteiger partial charge in [-0.3, -0.25) is 0 Å². The van der Waals surface area contributed by atoms with Crippen LogP contribution in [0.4, 0.5) is 0 Å². The molecule has 0 unspecified atom stereocenters. The second kappa shape index (κ2) is 2.11. The Hall–Kier alpha value is -0.318. The Morgan fingerprint density at radius 2 is 2.57 bits per heavy atom. The van der Waals surface area contributed by atoms with E-state index >= 15 is 0 Å². The predicted octanol–water partition coefficient (Wildman–Crippen LogP) is 0.977. The Morgan fingerprint density at radius 3 is 2.86 bits per heavy atom. The van der Waals surface area contributed by atoms with E-state index in [1.807, 2.05) is 12.1 Å². The minimum absolute atomic E-state index is 0.875. The third-order valence-electron chi connectivity index (χ3n) is 0.659. The van der Waals surface area contributed by atoms with Crippen LogP contribution in [-0.4, -0.2) is 4.88 Å². The molecular formula is C5H4CrO. The molecule has 2 heteroatoms. The molecule has 36 valence electrons. The zero-order valence-corrected chi connectivity index (χ0v) is 4.90. The van der Waals surface area contributed by atoms with Crippen LogP contribution >= 0.6 is 0 Å². The molecule has 0 fully saturated rings. The van der Waals surface area contributed by atoms with Crippen LogP contribution < -0.4 is 0 Å². The third kappa shape index (κ3) is 1.02. The van der Waals surface area contributed by atoms with Crippen molar-refractivity contribution < 1.29 is 20.3 Å². The van der Waals surface area contributed by atoms with Crippen LogP contribution in [0.25, 0.3) is 0 Å². The van der Waals surface area contributed by atoms with Crippen LogP contribution in [0.1, 0.15) is 5.76 Å². The van der Waals surface area contributed by atoms with Crippen molar-refractivity contribution in [2.24, 2.45) is 0 Å². The van der Waals surface area contributed by atoms with Gasteiger partial charge in [0.25, 0.3) is 0 Å². The molecule has 0 aliphatic carbocycles. The first-order valence-corrected chi connectivity index (χ1v) is 2.66. The summed E-state index contributed by atoms with van der Waals surface area (Å²) >= 11 is 2.73. The van der Waals surface area contributed by atoms with Gasteiger partial charge in [-0.05, 0) is 0 Å². The molecule has 0 bridgehead atoms. The molecule has 1 aromatic rings. The normalized spacial score (nSPS) is 8.57. The summed E-state index contributed by atoms with van der Waals surface area (Å²) in [7, 11) is 0. The summed E-state index contributed by atoms with van der Waals surface area (Å²) in [5, 5.41) is 0. The van der Waals surface area contributed by atoms with E-state index in [0.717, 1.165) is 5.76 Å². The van der Waals surface area contributed by atoms with Gasteiger partial charge in [0.1, 0.15) is 0 Å². The Morgan fingerprint density at radius 1 is 1.71 bits per heavy atom. The van der Waals surface area contributed by atoms with Gasteiger partial charge in [0, 0.05) is 0 Å². The van der Waals surface area contributed by atoms with Crippen LogP contribution in [-0.2, 0) is 15.9 Å². The predicted molar refractivity (Wildman–Crippen MR) is 23.9 cm³/mol. The average molecular weight is 132 g/mol. The second-order valence-corrected chi connectivity index (χ2v) is 1.50. The Kier molecular flexibility index (Phi) is 1.46. The van der Waals surface area contributed by atoms with Crippen LogP contribution in [0.3, 0.4) is 0 Å². The van der Waals surface area contributed by atoms with Gasteiger partial charge in [-0.1, -0.05) is 0 Å². The Balaban J connectivity index is 2.96. The van der Waals surface area contributed by atoms with Crippen molar-refractivity contribution in [3.63, 3.8) is 0 Å². The summed E-state index contributed by atoms with van der Waals surface area (Å²) in [6.07, 6.45) is 1.64. The Labute approximate surface area is 49.9 Å². The number of hydrogen-bond donors (Lipinski definition) is 0. The molecule has 0 aromatic carbocycles. The molecule has 1 heterocycles. The standard InChI is InChI=1S/C5H4O.Cr/c1-5-3-2-4-6-5;/h1-4H;. The zero-order valence-electron chi connectivity index (χ0n) is 3.63. The fraction of sp³-hybridized carbons (Fsp3) is 0. The minimum atomic E-state index is 0.875. The molecule has 0 aliphatic rings. The van der Waals surface area contributed by atoms with Gasteiger partial charge in [-0.2, -0.15) is 0 Å². The maximum atomic E-state index is 4.90. The molecule has 0 radical (unpaired) electrons. The number of rotatable bonds is 1. The molecule has 0 saturated heterocycles. The molecule has 0 spiro atoms. The van der Waals surface area contributed by atoms with Gasteiger partial charge in [0.2, 0.25) is 0 Å². The first kappa shape index (κ1) is 4.83. The van der Waals surface area contributed by atoms with Gasteiger partial charge in [0.15, 0.2) is 0 Å². The van der Waals surface area contributed by atoms with Crippen molar-refractivity contribution in [1.82, 2.24) is 0 Å². The fourth-order valence-electron chi connectivity index (χ4n) is 0.358.